The predicted octanol–water partition coefficient (Wildman–Crippen LogP) is 1.90. The van der Waals surface area contributed by atoms with Crippen molar-refractivity contribution >= 4 is 5.65 Å². The van der Waals surface area contributed by atoms with Gasteiger partial charge in [-0.1, -0.05) is 12.1 Å². The van der Waals surface area contributed by atoms with Crippen LogP contribution in [0.5, 0.6) is 5.75 Å². The second kappa shape index (κ2) is 4.42. The third-order valence-electron chi connectivity index (χ3n) is 2.83. The molecule has 0 spiro atoms. The summed E-state index contributed by atoms with van der Waals surface area (Å²) in [5.74, 6) is 0.881. The van der Waals surface area contributed by atoms with Crippen molar-refractivity contribution in [2.45, 2.75) is 6.42 Å². The monoisotopic (exact) mass is 250 g/mol. The number of aromatic nitrogens is 3. The number of hydrogen-bond donors (Lipinski definition) is 1. The lowest BCUT2D eigenvalue weighted by Crippen LogP contribution is -1.91. The van der Waals surface area contributed by atoms with Gasteiger partial charge in [0.1, 0.15) is 11.8 Å². The highest BCUT2D eigenvalue weighted by Gasteiger charge is 2.08. The van der Waals surface area contributed by atoms with Gasteiger partial charge in [0.2, 0.25) is 0 Å². The Labute approximate surface area is 109 Å². The Morgan fingerprint density at radius 2 is 2.00 bits per heavy atom. The average molecular weight is 250 g/mol. The van der Waals surface area contributed by atoms with E-state index < -0.39 is 0 Å². The first-order chi connectivity index (χ1) is 9.26. The smallest absolute Gasteiger partial charge is 0.173 e. The zero-order valence-corrected chi connectivity index (χ0v) is 9.98. The van der Waals surface area contributed by atoms with Crippen LogP contribution in [0, 0.1) is 11.3 Å². The molecule has 1 N–H and O–H groups in total. The summed E-state index contributed by atoms with van der Waals surface area (Å²) >= 11 is 0. The standard InChI is InChI=1S/C14H10N4O/c15-9-11-2-1-7-18-14(11)16-13(17-18)8-10-3-5-12(19)6-4-10/h1-7,19H,8H2. The number of hydrogen-bond acceptors (Lipinski definition) is 4. The van der Waals surface area contributed by atoms with Crippen LogP contribution < -0.4 is 0 Å². The number of pyridine rings is 1. The summed E-state index contributed by atoms with van der Waals surface area (Å²) in [6.07, 6.45) is 2.33. The molecule has 92 valence electrons. The number of benzene rings is 1. The number of phenolic OH excluding ortho intramolecular Hbond substituents is 1. The number of nitriles is 1. The molecule has 0 bridgehead atoms. The molecule has 0 fully saturated rings. The molecule has 0 atom stereocenters. The minimum Gasteiger partial charge on any atom is -0.508 e. The average Bonchev–Trinajstić information content (AvgIpc) is 2.83. The van der Waals surface area contributed by atoms with Gasteiger partial charge >= 0.3 is 0 Å². The van der Waals surface area contributed by atoms with Gasteiger partial charge < -0.3 is 5.11 Å². The quantitative estimate of drug-likeness (QED) is 0.753. The fourth-order valence-corrected chi connectivity index (χ4v) is 1.91. The molecule has 0 aliphatic heterocycles. The van der Waals surface area contributed by atoms with Gasteiger partial charge in [0.05, 0.1) is 5.56 Å². The Bertz CT molecular complexity index is 768. The maximum Gasteiger partial charge on any atom is 0.173 e. The van der Waals surface area contributed by atoms with E-state index in [4.69, 9.17) is 5.26 Å². The van der Waals surface area contributed by atoms with Gasteiger partial charge in [0, 0.05) is 12.6 Å². The summed E-state index contributed by atoms with van der Waals surface area (Å²) in [6.45, 7) is 0. The molecular formula is C14H10N4O. The minimum atomic E-state index is 0.235. The fraction of sp³-hybridized carbons (Fsp3) is 0.0714. The van der Waals surface area contributed by atoms with Gasteiger partial charge in [0.15, 0.2) is 11.5 Å². The first kappa shape index (κ1) is 11.2. The molecule has 0 aliphatic carbocycles. The first-order valence-corrected chi connectivity index (χ1v) is 5.78. The number of phenols is 1. The normalized spacial score (nSPS) is 10.5. The van der Waals surface area contributed by atoms with Crippen LogP contribution in [0.1, 0.15) is 17.0 Å². The second-order valence-corrected chi connectivity index (χ2v) is 4.17. The second-order valence-electron chi connectivity index (χ2n) is 4.17. The molecule has 0 unspecified atom stereocenters. The Morgan fingerprint density at radius 1 is 1.21 bits per heavy atom. The van der Waals surface area contributed by atoms with Crippen LogP contribution in [0.25, 0.3) is 5.65 Å². The SMILES string of the molecule is N#Cc1cccn2nc(Cc3ccc(O)cc3)nc12. The molecule has 5 nitrogen and oxygen atoms in total. The molecule has 0 amide bonds. The van der Waals surface area contributed by atoms with Crippen molar-refractivity contribution in [2.75, 3.05) is 0 Å². The van der Waals surface area contributed by atoms with Crippen LogP contribution in [-0.4, -0.2) is 19.7 Å². The number of rotatable bonds is 2. The maximum absolute atomic E-state index is 9.23. The molecule has 3 rings (SSSR count). The molecule has 0 radical (unpaired) electrons. The van der Waals surface area contributed by atoms with Crippen molar-refractivity contribution in [1.82, 2.24) is 14.6 Å². The molecule has 2 aromatic heterocycles. The van der Waals surface area contributed by atoms with Gasteiger partial charge in [-0.25, -0.2) is 9.50 Å². The van der Waals surface area contributed by atoms with Crippen LogP contribution in [0.4, 0.5) is 0 Å². The predicted molar refractivity (Wildman–Crippen MR) is 68.6 cm³/mol. The van der Waals surface area contributed by atoms with E-state index in [2.05, 4.69) is 16.2 Å². The van der Waals surface area contributed by atoms with E-state index >= 15 is 0 Å². The number of nitrogens with zero attached hydrogens (tertiary/aromatic N) is 4. The molecule has 1 aromatic carbocycles. The van der Waals surface area contributed by atoms with Crippen molar-refractivity contribution in [3.8, 4) is 11.8 Å². The van der Waals surface area contributed by atoms with E-state index in [9.17, 15) is 5.11 Å². The van der Waals surface area contributed by atoms with E-state index in [1.165, 1.54) is 0 Å². The van der Waals surface area contributed by atoms with Crippen molar-refractivity contribution in [1.29, 1.82) is 5.26 Å². The summed E-state index contributed by atoms with van der Waals surface area (Å²) in [5.41, 5.74) is 2.08. The van der Waals surface area contributed by atoms with Gasteiger partial charge in [-0.15, -0.1) is 0 Å². The summed E-state index contributed by atoms with van der Waals surface area (Å²) in [6, 6.07) is 12.5. The van der Waals surface area contributed by atoms with E-state index in [-0.39, 0.29) is 5.75 Å². The third-order valence-corrected chi connectivity index (χ3v) is 2.83. The molecule has 2 heterocycles. The van der Waals surface area contributed by atoms with Gasteiger partial charge in [-0.3, -0.25) is 0 Å². The van der Waals surface area contributed by atoms with Crippen molar-refractivity contribution in [2.24, 2.45) is 0 Å². The highest BCUT2D eigenvalue weighted by atomic mass is 16.3. The van der Waals surface area contributed by atoms with Crippen LogP contribution >= 0.6 is 0 Å². The lowest BCUT2D eigenvalue weighted by atomic mass is 10.1. The largest absolute Gasteiger partial charge is 0.508 e. The molecule has 5 heteroatoms. The highest BCUT2D eigenvalue weighted by molar-refractivity contribution is 5.54. The highest BCUT2D eigenvalue weighted by Crippen LogP contribution is 2.14. The van der Waals surface area contributed by atoms with Gasteiger partial charge in [-0.05, 0) is 29.8 Å². The molecular weight excluding hydrogens is 240 g/mol. The number of fused-ring (bicyclic) bond motifs is 1. The first-order valence-electron chi connectivity index (χ1n) is 5.78. The summed E-state index contributed by atoms with van der Waals surface area (Å²) < 4.78 is 1.61. The molecule has 3 aromatic rings. The van der Waals surface area contributed by atoms with Crippen molar-refractivity contribution in [3.05, 3.63) is 59.5 Å². The Hall–Kier alpha value is -2.87. The Balaban J connectivity index is 1.98. The van der Waals surface area contributed by atoms with Crippen molar-refractivity contribution < 1.29 is 5.11 Å². The van der Waals surface area contributed by atoms with Crippen molar-refractivity contribution in [3.63, 3.8) is 0 Å². The summed E-state index contributed by atoms with van der Waals surface area (Å²) in [4.78, 5) is 4.37. The van der Waals surface area contributed by atoms with E-state index in [1.54, 1.807) is 35.0 Å². The van der Waals surface area contributed by atoms with Gasteiger partial charge in [0.25, 0.3) is 0 Å². The summed E-state index contributed by atoms with van der Waals surface area (Å²) in [5, 5.41) is 22.6. The Morgan fingerprint density at radius 3 is 2.74 bits per heavy atom. The maximum atomic E-state index is 9.23. The topological polar surface area (TPSA) is 74.2 Å². The minimum absolute atomic E-state index is 0.235. The van der Waals surface area contributed by atoms with E-state index in [0.717, 1.165) is 5.56 Å². The molecule has 0 saturated carbocycles. The zero-order valence-electron chi connectivity index (χ0n) is 9.98. The Kier molecular flexibility index (Phi) is 2.62. The third kappa shape index (κ3) is 2.11. The van der Waals surface area contributed by atoms with Crippen LogP contribution in [0.15, 0.2) is 42.6 Å². The summed E-state index contributed by atoms with van der Waals surface area (Å²) in [7, 11) is 0. The molecule has 19 heavy (non-hydrogen) atoms. The van der Waals surface area contributed by atoms with Crippen LogP contribution in [-0.2, 0) is 6.42 Å². The van der Waals surface area contributed by atoms with Gasteiger partial charge in [-0.2, -0.15) is 10.4 Å². The lowest BCUT2D eigenvalue weighted by Gasteiger charge is -1.96. The lowest BCUT2D eigenvalue weighted by molar-refractivity contribution is 0.475. The van der Waals surface area contributed by atoms with E-state index in [1.807, 2.05) is 12.1 Å². The van der Waals surface area contributed by atoms with E-state index in [0.29, 0.717) is 23.5 Å². The van der Waals surface area contributed by atoms with Crippen LogP contribution in [0.3, 0.4) is 0 Å². The zero-order chi connectivity index (χ0) is 13.2. The fourth-order valence-electron chi connectivity index (χ4n) is 1.91. The van der Waals surface area contributed by atoms with Crippen LogP contribution in [0.2, 0.25) is 0 Å². The molecule has 0 aliphatic rings. The molecule has 0 saturated heterocycles. The number of aromatic hydroxyl groups is 1.